The summed E-state index contributed by atoms with van der Waals surface area (Å²) in [4.78, 5) is 2.84. The van der Waals surface area contributed by atoms with Crippen LogP contribution >= 0.6 is 0 Å². The highest BCUT2D eigenvalue weighted by Gasteiger charge is 2.58. The summed E-state index contributed by atoms with van der Waals surface area (Å²) in [5.41, 5.74) is 1.95. The summed E-state index contributed by atoms with van der Waals surface area (Å²) in [6, 6.07) is 0.391. The van der Waals surface area contributed by atoms with Gasteiger partial charge in [0.05, 0.1) is 11.0 Å². The van der Waals surface area contributed by atoms with Crippen molar-refractivity contribution in [3.8, 4) is 0 Å². The van der Waals surface area contributed by atoms with Gasteiger partial charge in [0.15, 0.2) is 0 Å². The van der Waals surface area contributed by atoms with E-state index in [1.54, 1.807) is 23.6 Å². The lowest BCUT2D eigenvalue weighted by Gasteiger charge is -2.38. The summed E-state index contributed by atoms with van der Waals surface area (Å²) < 4.78 is 32.8. The van der Waals surface area contributed by atoms with E-state index in [1.165, 1.54) is 18.5 Å². The van der Waals surface area contributed by atoms with E-state index in [-0.39, 0.29) is 6.10 Å². The van der Waals surface area contributed by atoms with Gasteiger partial charge < -0.3 is 10.1 Å². The zero-order chi connectivity index (χ0) is 20.1. The lowest BCUT2D eigenvalue weighted by molar-refractivity contribution is 0.142. The van der Waals surface area contributed by atoms with Crippen LogP contribution < -0.4 is 5.32 Å². The maximum atomic E-state index is 13.0. The van der Waals surface area contributed by atoms with E-state index in [9.17, 15) is 8.42 Å². The molecule has 0 spiro atoms. The van der Waals surface area contributed by atoms with Crippen LogP contribution in [-0.2, 0) is 14.8 Å². The first kappa shape index (κ1) is 19.7. The van der Waals surface area contributed by atoms with Crippen molar-refractivity contribution >= 4 is 10.0 Å². The molecule has 0 aromatic rings. The lowest BCUT2D eigenvalue weighted by atomic mass is 9.88. The number of piperazine rings is 1. The third kappa shape index (κ3) is 3.47. The fourth-order valence-corrected chi connectivity index (χ4v) is 6.91. The van der Waals surface area contributed by atoms with Gasteiger partial charge in [-0.25, -0.2) is 8.42 Å². The number of hydrogen-bond acceptors (Lipinski definition) is 5. The van der Waals surface area contributed by atoms with Crippen molar-refractivity contribution in [1.29, 1.82) is 0 Å². The van der Waals surface area contributed by atoms with Crippen LogP contribution in [0.2, 0.25) is 0 Å². The van der Waals surface area contributed by atoms with E-state index in [2.05, 4.69) is 28.4 Å². The van der Waals surface area contributed by atoms with Gasteiger partial charge in [0.2, 0.25) is 10.0 Å². The third-order valence-electron chi connectivity index (χ3n) is 7.42. The Balaban J connectivity index is 1.17. The number of sulfonamides is 1. The normalized spacial score (nSPS) is 37.9. The molecule has 4 unspecified atom stereocenters. The topological polar surface area (TPSA) is 61.9 Å². The standard InChI is InChI=1S/C22H31N3O3S/c1-28-20-6-8-21(9-7-20)29(26,27)25-12-10-24(11-13-25)19-4-2-17(3-5-19)22-14-18(22)15-23-16-22/h2-4,6,8-9,18-20,23H,5,7,10-16H2,1H3. The molecule has 2 aliphatic heterocycles. The van der Waals surface area contributed by atoms with Gasteiger partial charge in [0.1, 0.15) is 0 Å². The Morgan fingerprint density at radius 2 is 1.93 bits per heavy atom. The highest BCUT2D eigenvalue weighted by Crippen LogP contribution is 2.60. The van der Waals surface area contributed by atoms with E-state index >= 15 is 0 Å². The number of fused-ring (bicyclic) bond motifs is 1. The maximum absolute atomic E-state index is 13.0. The molecular formula is C22H31N3O3S. The number of nitrogens with one attached hydrogen (secondary N) is 1. The van der Waals surface area contributed by atoms with Gasteiger partial charge in [-0.2, -0.15) is 4.31 Å². The predicted molar refractivity (Wildman–Crippen MR) is 114 cm³/mol. The minimum absolute atomic E-state index is 0.0210. The summed E-state index contributed by atoms with van der Waals surface area (Å²) in [5.74, 6) is 0.839. The Morgan fingerprint density at radius 3 is 2.48 bits per heavy atom. The zero-order valence-electron chi connectivity index (χ0n) is 17.1. The molecule has 3 aliphatic carbocycles. The first-order valence-corrected chi connectivity index (χ1v) is 12.2. The second-order valence-electron chi connectivity index (χ2n) is 8.93. The molecule has 4 atom stereocenters. The molecular weight excluding hydrogens is 386 g/mol. The molecule has 1 N–H and O–H groups in total. The molecule has 158 valence electrons. The second-order valence-corrected chi connectivity index (χ2v) is 10.9. The maximum Gasteiger partial charge on any atom is 0.242 e. The Labute approximate surface area is 174 Å². The number of piperidine rings is 1. The Morgan fingerprint density at radius 1 is 1.10 bits per heavy atom. The van der Waals surface area contributed by atoms with Gasteiger partial charge >= 0.3 is 0 Å². The molecule has 5 aliphatic rings. The van der Waals surface area contributed by atoms with Crippen molar-refractivity contribution in [1.82, 2.24) is 14.5 Å². The number of rotatable bonds is 5. The summed E-state index contributed by atoms with van der Waals surface area (Å²) in [5, 5.41) is 3.52. The van der Waals surface area contributed by atoms with E-state index in [4.69, 9.17) is 4.74 Å². The van der Waals surface area contributed by atoms with Gasteiger partial charge in [-0.3, -0.25) is 4.90 Å². The Hall–Kier alpha value is -1.25. The van der Waals surface area contributed by atoms with Crippen LogP contribution in [-0.4, -0.2) is 76.1 Å². The molecule has 0 amide bonds. The Kier molecular flexibility index (Phi) is 5.07. The van der Waals surface area contributed by atoms with Crippen LogP contribution in [0.15, 0.2) is 46.9 Å². The van der Waals surface area contributed by atoms with Crippen molar-refractivity contribution < 1.29 is 13.2 Å². The first-order chi connectivity index (χ1) is 14.0. The van der Waals surface area contributed by atoms with Gasteiger partial charge in [-0.15, -0.1) is 0 Å². The smallest absolute Gasteiger partial charge is 0.242 e. The fourth-order valence-electron chi connectivity index (χ4n) is 5.41. The molecule has 0 bridgehead atoms. The van der Waals surface area contributed by atoms with Crippen LogP contribution in [0, 0.1) is 11.3 Å². The van der Waals surface area contributed by atoms with E-state index in [0.717, 1.165) is 32.0 Å². The molecule has 3 fully saturated rings. The van der Waals surface area contributed by atoms with Crippen LogP contribution in [0.25, 0.3) is 0 Å². The van der Waals surface area contributed by atoms with Crippen molar-refractivity contribution in [3.05, 3.63) is 46.9 Å². The number of ether oxygens (including phenoxy) is 1. The average Bonchev–Trinajstić information content (AvgIpc) is 3.34. The molecule has 5 rings (SSSR count). The fraction of sp³-hybridized carbons (Fsp3) is 0.636. The lowest BCUT2D eigenvalue weighted by Crippen LogP contribution is -2.51. The predicted octanol–water partition coefficient (Wildman–Crippen LogP) is 1.66. The monoisotopic (exact) mass is 417 g/mol. The largest absolute Gasteiger partial charge is 0.377 e. The molecule has 6 nitrogen and oxygen atoms in total. The van der Waals surface area contributed by atoms with E-state index in [1.807, 2.05) is 6.08 Å². The number of hydrogen-bond donors (Lipinski definition) is 1. The van der Waals surface area contributed by atoms with E-state index < -0.39 is 10.0 Å². The highest BCUT2D eigenvalue weighted by atomic mass is 32.2. The average molecular weight is 418 g/mol. The third-order valence-corrected chi connectivity index (χ3v) is 9.37. The summed E-state index contributed by atoms with van der Waals surface area (Å²) in [6.45, 7) is 4.97. The molecule has 2 saturated heterocycles. The minimum atomic E-state index is -3.40. The summed E-state index contributed by atoms with van der Waals surface area (Å²) >= 11 is 0. The molecule has 7 heteroatoms. The van der Waals surface area contributed by atoms with E-state index in [0.29, 0.717) is 35.9 Å². The van der Waals surface area contributed by atoms with Gasteiger partial charge in [-0.1, -0.05) is 30.4 Å². The summed E-state index contributed by atoms with van der Waals surface area (Å²) in [6.07, 6.45) is 15.4. The van der Waals surface area contributed by atoms with Gasteiger partial charge in [-0.05, 0) is 43.4 Å². The Bertz CT molecular complexity index is 883. The molecule has 2 heterocycles. The van der Waals surface area contributed by atoms with Crippen LogP contribution in [0.5, 0.6) is 0 Å². The van der Waals surface area contributed by atoms with Crippen molar-refractivity contribution in [2.75, 3.05) is 46.4 Å². The van der Waals surface area contributed by atoms with Crippen molar-refractivity contribution in [2.45, 2.75) is 31.4 Å². The molecule has 0 aromatic carbocycles. The molecule has 29 heavy (non-hydrogen) atoms. The quantitative estimate of drug-likeness (QED) is 0.737. The van der Waals surface area contributed by atoms with Crippen molar-refractivity contribution in [3.63, 3.8) is 0 Å². The molecule has 0 aromatic heterocycles. The summed E-state index contributed by atoms with van der Waals surface area (Å²) in [7, 11) is -1.76. The van der Waals surface area contributed by atoms with Crippen LogP contribution in [0.4, 0.5) is 0 Å². The highest BCUT2D eigenvalue weighted by molar-refractivity contribution is 7.93. The number of methoxy groups -OCH3 is 1. The van der Waals surface area contributed by atoms with Gasteiger partial charge in [0.25, 0.3) is 0 Å². The van der Waals surface area contributed by atoms with Crippen LogP contribution in [0.1, 0.15) is 19.3 Å². The van der Waals surface area contributed by atoms with Crippen LogP contribution in [0.3, 0.4) is 0 Å². The molecule has 1 saturated carbocycles. The van der Waals surface area contributed by atoms with Crippen molar-refractivity contribution in [2.24, 2.45) is 11.3 Å². The first-order valence-electron chi connectivity index (χ1n) is 10.8. The second kappa shape index (κ2) is 7.46. The number of allylic oxidation sites excluding steroid dienone is 2. The van der Waals surface area contributed by atoms with Gasteiger partial charge in [0, 0.05) is 51.3 Å². The number of nitrogens with zero attached hydrogens (tertiary/aromatic N) is 2. The minimum Gasteiger partial charge on any atom is -0.377 e. The SMILES string of the molecule is COC1C=CC(S(=O)(=O)N2CCN(C3C=CC(C45CNCC4C5)=CC3)CC2)=CC1. The zero-order valence-corrected chi connectivity index (χ0v) is 17.9. The molecule has 0 radical (unpaired) electrons.